The summed E-state index contributed by atoms with van der Waals surface area (Å²) in [6, 6.07) is 10.7. The second kappa shape index (κ2) is 8.37. The molecule has 23 heavy (non-hydrogen) atoms. The van der Waals surface area contributed by atoms with E-state index in [0.29, 0.717) is 11.9 Å². The van der Waals surface area contributed by atoms with Crippen molar-refractivity contribution in [1.82, 2.24) is 4.90 Å². The smallest absolute Gasteiger partial charge is 0.222 e. The van der Waals surface area contributed by atoms with Crippen LogP contribution < -0.4 is 5.32 Å². The van der Waals surface area contributed by atoms with Gasteiger partial charge in [-0.15, -0.1) is 0 Å². The fourth-order valence-corrected chi connectivity index (χ4v) is 4.05. The number of hydrogen-bond donors (Lipinski definition) is 1. The van der Waals surface area contributed by atoms with Gasteiger partial charge in [0.1, 0.15) is 0 Å². The summed E-state index contributed by atoms with van der Waals surface area (Å²) < 4.78 is 0. The number of likely N-dealkylation sites (tertiary alicyclic amines) is 1. The third-order valence-corrected chi connectivity index (χ3v) is 5.41. The number of carbonyl (C=O) groups excluding carboxylic acids is 1. The zero-order chi connectivity index (χ0) is 15.9. The number of anilines is 1. The average molecular weight is 314 g/mol. The summed E-state index contributed by atoms with van der Waals surface area (Å²) in [4.78, 5) is 14.4. The van der Waals surface area contributed by atoms with E-state index >= 15 is 0 Å². The van der Waals surface area contributed by atoms with E-state index in [1.807, 2.05) is 18.2 Å². The first-order valence-corrected chi connectivity index (χ1v) is 9.40. The lowest BCUT2D eigenvalue weighted by atomic mass is 9.86. The minimum atomic E-state index is 0.359. The van der Waals surface area contributed by atoms with E-state index in [4.69, 9.17) is 0 Å². The summed E-state index contributed by atoms with van der Waals surface area (Å²) in [5, 5.41) is 3.54. The Balaban J connectivity index is 1.35. The molecule has 1 amide bonds. The van der Waals surface area contributed by atoms with Gasteiger partial charge in [0.05, 0.1) is 0 Å². The lowest BCUT2D eigenvalue weighted by Crippen LogP contribution is -2.31. The van der Waals surface area contributed by atoms with E-state index in [9.17, 15) is 4.79 Å². The number of hydrogen-bond acceptors (Lipinski definition) is 2. The highest BCUT2D eigenvalue weighted by Crippen LogP contribution is 2.28. The standard InChI is InChI=1S/C20H30N2O/c23-20(13-7-10-17-8-3-1-4-9-17)22-15-14-19(16-22)21-18-11-5-2-6-12-18/h2,5-6,11-12,17,19,21H,1,3-4,7-10,13-16H2/t19-/m1/s1. The van der Waals surface area contributed by atoms with Gasteiger partial charge in [0.15, 0.2) is 0 Å². The van der Waals surface area contributed by atoms with Gasteiger partial charge in [-0.1, -0.05) is 50.3 Å². The van der Waals surface area contributed by atoms with Crippen molar-refractivity contribution in [2.24, 2.45) is 5.92 Å². The van der Waals surface area contributed by atoms with Crippen LogP contribution in [0.4, 0.5) is 5.69 Å². The van der Waals surface area contributed by atoms with E-state index in [-0.39, 0.29) is 0 Å². The van der Waals surface area contributed by atoms with E-state index in [0.717, 1.165) is 44.0 Å². The maximum absolute atomic E-state index is 12.4. The van der Waals surface area contributed by atoms with E-state index in [1.165, 1.54) is 38.5 Å². The molecule has 1 atom stereocenters. The van der Waals surface area contributed by atoms with Gasteiger partial charge >= 0.3 is 0 Å². The highest BCUT2D eigenvalue weighted by molar-refractivity contribution is 5.76. The van der Waals surface area contributed by atoms with Crippen LogP contribution in [0.1, 0.15) is 57.8 Å². The summed E-state index contributed by atoms with van der Waals surface area (Å²) in [5.74, 6) is 1.25. The van der Waals surface area contributed by atoms with Crippen LogP contribution in [0, 0.1) is 5.92 Å². The Labute approximate surface area is 140 Å². The largest absolute Gasteiger partial charge is 0.380 e. The third-order valence-electron chi connectivity index (χ3n) is 5.41. The number of para-hydroxylation sites is 1. The molecule has 1 N–H and O–H groups in total. The second-order valence-electron chi connectivity index (χ2n) is 7.23. The average Bonchev–Trinajstić information content (AvgIpc) is 3.05. The fourth-order valence-electron chi connectivity index (χ4n) is 4.05. The molecular weight excluding hydrogens is 284 g/mol. The molecule has 3 heteroatoms. The SMILES string of the molecule is O=C(CCCC1CCCCC1)N1CC[C@@H](Nc2ccccc2)C1. The van der Waals surface area contributed by atoms with Crippen LogP contribution in [-0.4, -0.2) is 29.9 Å². The molecule has 0 bridgehead atoms. The normalized spacial score (nSPS) is 22.3. The summed E-state index contributed by atoms with van der Waals surface area (Å²) in [7, 11) is 0. The minimum Gasteiger partial charge on any atom is -0.380 e. The molecule has 1 aromatic rings. The highest BCUT2D eigenvalue weighted by Gasteiger charge is 2.25. The zero-order valence-electron chi connectivity index (χ0n) is 14.2. The molecule has 1 heterocycles. The molecule has 0 spiro atoms. The molecule has 126 valence electrons. The van der Waals surface area contributed by atoms with Crippen molar-refractivity contribution in [3.05, 3.63) is 30.3 Å². The van der Waals surface area contributed by atoms with Crippen LogP contribution in [-0.2, 0) is 4.79 Å². The summed E-state index contributed by atoms with van der Waals surface area (Å²) >= 11 is 0. The fraction of sp³-hybridized carbons (Fsp3) is 0.650. The van der Waals surface area contributed by atoms with Gasteiger partial charge in [-0.05, 0) is 37.3 Å². The first kappa shape index (κ1) is 16.4. The molecule has 1 saturated carbocycles. The molecule has 2 aliphatic rings. The van der Waals surface area contributed by atoms with Gasteiger partial charge in [0.2, 0.25) is 5.91 Å². The van der Waals surface area contributed by atoms with Crippen molar-refractivity contribution >= 4 is 11.6 Å². The predicted molar refractivity (Wildman–Crippen MR) is 95.5 cm³/mol. The predicted octanol–water partition coefficient (Wildman–Crippen LogP) is 4.45. The molecule has 1 aromatic carbocycles. The lowest BCUT2D eigenvalue weighted by molar-refractivity contribution is -0.130. The van der Waals surface area contributed by atoms with Crippen LogP contribution in [0.5, 0.6) is 0 Å². The van der Waals surface area contributed by atoms with Crippen molar-refractivity contribution in [1.29, 1.82) is 0 Å². The number of carbonyl (C=O) groups is 1. The number of nitrogens with one attached hydrogen (secondary N) is 1. The number of amides is 1. The van der Waals surface area contributed by atoms with Crippen LogP contribution in [0.15, 0.2) is 30.3 Å². The molecule has 0 unspecified atom stereocenters. The van der Waals surface area contributed by atoms with Crippen LogP contribution >= 0.6 is 0 Å². The molecule has 3 nitrogen and oxygen atoms in total. The molecule has 0 radical (unpaired) electrons. The Kier molecular flexibility index (Phi) is 5.95. The molecule has 2 fully saturated rings. The maximum atomic E-state index is 12.4. The highest BCUT2D eigenvalue weighted by atomic mass is 16.2. The second-order valence-corrected chi connectivity index (χ2v) is 7.23. The monoisotopic (exact) mass is 314 g/mol. The Bertz CT molecular complexity index is 482. The van der Waals surface area contributed by atoms with Gasteiger partial charge < -0.3 is 10.2 Å². The molecule has 0 aromatic heterocycles. The van der Waals surface area contributed by atoms with E-state index in [2.05, 4.69) is 22.3 Å². The van der Waals surface area contributed by atoms with Gasteiger partial charge in [-0.2, -0.15) is 0 Å². The third kappa shape index (κ3) is 4.98. The van der Waals surface area contributed by atoms with Gasteiger partial charge in [-0.3, -0.25) is 4.79 Å². The maximum Gasteiger partial charge on any atom is 0.222 e. The molecule has 1 saturated heterocycles. The molecule has 3 rings (SSSR count). The first-order valence-electron chi connectivity index (χ1n) is 9.40. The van der Waals surface area contributed by atoms with Crippen molar-refractivity contribution in [3.8, 4) is 0 Å². The van der Waals surface area contributed by atoms with Crippen molar-refractivity contribution in [3.63, 3.8) is 0 Å². The number of nitrogens with zero attached hydrogens (tertiary/aromatic N) is 1. The van der Waals surface area contributed by atoms with Crippen molar-refractivity contribution < 1.29 is 4.79 Å². The summed E-state index contributed by atoms with van der Waals surface area (Å²) in [5.41, 5.74) is 1.16. The van der Waals surface area contributed by atoms with Crippen LogP contribution in [0.3, 0.4) is 0 Å². The van der Waals surface area contributed by atoms with Crippen LogP contribution in [0.25, 0.3) is 0 Å². The van der Waals surface area contributed by atoms with Gasteiger partial charge in [0.25, 0.3) is 0 Å². The van der Waals surface area contributed by atoms with Crippen molar-refractivity contribution in [2.75, 3.05) is 18.4 Å². The molecule has 1 aliphatic heterocycles. The first-order chi connectivity index (χ1) is 11.3. The molecule has 1 aliphatic carbocycles. The summed E-state index contributed by atoms with van der Waals surface area (Å²) in [6.07, 6.45) is 11.1. The van der Waals surface area contributed by atoms with E-state index in [1.54, 1.807) is 0 Å². The van der Waals surface area contributed by atoms with Crippen molar-refractivity contribution in [2.45, 2.75) is 63.8 Å². The zero-order valence-corrected chi connectivity index (χ0v) is 14.2. The number of benzene rings is 1. The van der Waals surface area contributed by atoms with Gasteiger partial charge in [0, 0.05) is 31.2 Å². The van der Waals surface area contributed by atoms with Gasteiger partial charge in [-0.25, -0.2) is 0 Å². The Hall–Kier alpha value is -1.51. The minimum absolute atomic E-state index is 0.359. The lowest BCUT2D eigenvalue weighted by Gasteiger charge is -2.22. The number of rotatable bonds is 6. The Morgan fingerprint density at radius 3 is 2.65 bits per heavy atom. The Morgan fingerprint density at radius 1 is 1.09 bits per heavy atom. The summed E-state index contributed by atoms with van der Waals surface area (Å²) in [6.45, 7) is 1.77. The Morgan fingerprint density at radius 2 is 1.87 bits per heavy atom. The van der Waals surface area contributed by atoms with Crippen LogP contribution in [0.2, 0.25) is 0 Å². The quantitative estimate of drug-likeness (QED) is 0.841. The van der Waals surface area contributed by atoms with E-state index < -0.39 is 0 Å². The molecular formula is C20H30N2O. The topological polar surface area (TPSA) is 32.3 Å².